The van der Waals surface area contributed by atoms with E-state index in [4.69, 9.17) is 0 Å². The zero-order valence-electron chi connectivity index (χ0n) is 7.44. The van der Waals surface area contributed by atoms with Crippen LogP contribution in [0.3, 0.4) is 0 Å². The quantitative estimate of drug-likeness (QED) is 0.555. The largest absolute Gasteiger partial charge is 0.459 e. The monoisotopic (exact) mass is 300 g/mol. The van der Waals surface area contributed by atoms with E-state index >= 15 is 0 Å². The number of alkyl halides is 11. The van der Waals surface area contributed by atoms with Crippen molar-refractivity contribution >= 4 is 9.52 Å². The zero-order chi connectivity index (χ0) is 14.3. The molecule has 0 bridgehead atoms. The van der Waals surface area contributed by atoms with E-state index in [1.807, 2.05) is 0 Å². The molecule has 0 fully saturated rings. The minimum Gasteiger partial charge on any atom is -0.242 e. The van der Waals surface area contributed by atoms with Crippen LogP contribution in [-0.2, 0) is 0 Å². The van der Waals surface area contributed by atoms with Crippen LogP contribution in [0, 0.1) is 0 Å². The van der Waals surface area contributed by atoms with Crippen LogP contribution >= 0.6 is 0 Å². The Hall–Kier alpha value is -0.553. The summed E-state index contributed by atoms with van der Waals surface area (Å²) in [7, 11) is -4.72. The second-order valence-electron chi connectivity index (χ2n) is 2.99. The van der Waals surface area contributed by atoms with Crippen molar-refractivity contribution in [1.82, 2.24) is 0 Å². The van der Waals surface area contributed by atoms with Gasteiger partial charge >= 0.3 is 18.3 Å². The highest BCUT2D eigenvalue weighted by molar-refractivity contribution is 6.41. The molecule has 17 heavy (non-hydrogen) atoms. The molecule has 104 valence electrons. The Morgan fingerprint density at radius 3 is 1.29 bits per heavy atom. The molecule has 0 nitrogen and oxygen atoms in total. The summed E-state index contributed by atoms with van der Waals surface area (Å²) >= 11 is 0. The van der Waals surface area contributed by atoms with Gasteiger partial charge < -0.3 is 0 Å². The average molecular weight is 300 g/mol. The third-order valence-corrected chi connectivity index (χ3v) is 3.38. The molecule has 0 amide bonds. The minimum atomic E-state index is -6.74. The molecule has 1 atom stereocenters. The van der Waals surface area contributed by atoms with Crippen LogP contribution < -0.4 is 0 Å². The highest BCUT2D eigenvalue weighted by atomic mass is 28.2. The first kappa shape index (κ1) is 16.4. The summed E-state index contributed by atoms with van der Waals surface area (Å²) in [6.07, 6.45) is -12.6. The van der Waals surface area contributed by atoms with Crippen LogP contribution in [0.4, 0.5) is 48.3 Å². The highest BCUT2D eigenvalue weighted by Crippen LogP contribution is 2.46. The standard InChI is InChI=1S/C5H3F11Si/c6-1(2(7,8)9)17-5(15,16)3(10,11)4(12,13)14/h1H,17H2. The SMILES string of the molecule is FC([SiH2]C(F)(F)C(F)(F)C(F)(F)F)C(F)(F)F. The van der Waals surface area contributed by atoms with Gasteiger partial charge in [0.05, 0.1) is 0 Å². The topological polar surface area (TPSA) is 0 Å². The van der Waals surface area contributed by atoms with Crippen molar-refractivity contribution in [2.24, 2.45) is 0 Å². The van der Waals surface area contributed by atoms with Crippen molar-refractivity contribution in [3.05, 3.63) is 0 Å². The molecule has 0 N–H and O–H groups in total. The van der Waals surface area contributed by atoms with Crippen molar-refractivity contribution < 1.29 is 48.3 Å². The lowest BCUT2D eigenvalue weighted by Crippen LogP contribution is -2.58. The van der Waals surface area contributed by atoms with E-state index < -0.39 is 39.1 Å². The lowest BCUT2D eigenvalue weighted by atomic mass is 10.3. The van der Waals surface area contributed by atoms with Crippen LogP contribution in [0.1, 0.15) is 0 Å². The Morgan fingerprint density at radius 1 is 0.706 bits per heavy atom. The van der Waals surface area contributed by atoms with E-state index in [2.05, 4.69) is 0 Å². The maximum Gasteiger partial charge on any atom is 0.459 e. The molecule has 0 heterocycles. The van der Waals surface area contributed by atoms with Crippen molar-refractivity contribution in [3.63, 3.8) is 0 Å². The maximum atomic E-state index is 12.3. The molecule has 0 rings (SSSR count). The Balaban J connectivity index is 5.04. The van der Waals surface area contributed by atoms with Gasteiger partial charge in [-0.25, -0.2) is 13.2 Å². The molecule has 0 aromatic carbocycles. The fraction of sp³-hybridized carbons (Fsp3) is 1.00. The van der Waals surface area contributed by atoms with Gasteiger partial charge in [-0.2, -0.15) is 35.1 Å². The average Bonchev–Trinajstić information content (AvgIpc) is 1.98. The maximum absolute atomic E-state index is 12.3. The number of hydrogen-bond acceptors (Lipinski definition) is 0. The first-order chi connectivity index (χ1) is 7.13. The molecular weight excluding hydrogens is 297 g/mol. The van der Waals surface area contributed by atoms with Crippen LogP contribution in [0.25, 0.3) is 0 Å². The summed E-state index contributed by atoms with van der Waals surface area (Å²) in [6, 6.07) is 0. The second kappa shape index (κ2) is 4.28. The predicted molar refractivity (Wildman–Crippen MR) is 35.4 cm³/mol. The van der Waals surface area contributed by atoms with Crippen LogP contribution in [0.5, 0.6) is 0 Å². The van der Waals surface area contributed by atoms with E-state index in [0.717, 1.165) is 0 Å². The first-order valence-corrected chi connectivity index (χ1v) is 5.18. The smallest absolute Gasteiger partial charge is 0.242 e. The lowest BCUT2D eigenvalue weighted by molar-refractivity contribution is -0.334. The van der Waals surface area contributed by atoms with Crippen LogP contribution in [-0.4, -0.2) is 39.1 Å². The lowest BCUT2D eigenvalue weighted by Gasteiger charge is -2.29. The van der Waals surface area contributed by atoms with E-state index in [1.54, 1.807) is 0 Å². The molecule has 0 aromatic rings. The molecular formula is C5H3F11Si. The molecule has 1 unspecified atom stereocenters. The molecule has 0 aliphatic rings. The van der Waals surface area contributed by atoms with Crippen LogP contribution in [0.2, 0.25) is 0 Å². The summed E-state index contributed by atoms with van der Waals surface area (Å²) in [6.45, 7) is 0. The number of rotatable bonds is 3. The number of halogens is 11. The van der Waals surface area contributed by atoms with E-state index in [9.17, 15) is 48.3 Å². The minimum absolute atomic E-state index is 4.34. The van der Waals surface area contributed by atoms with E-state index in [1.165, 1.54) is 0 Å². The fourth-order valence-electron chi connectivity index (χ4n) is 0.676. The molecule has 0 radical (unpaired) electrons. The Kier molecular flexibility index (Phi) is 4.14. The molecule has 0 aromatic heterocycles. The van der Waals surface area contributed by atoms with Gasteiger partial charge in [-0.05, 0) is 0 Å². The van der Waals surface area contributed by atoms with Crippen molar-refractivity contribution in [3.8, 4) is 0 Å². The molecule has 0 spiro atoms. The number of hydrogen-bond donors (Lipinski definition) is 0. The van der Waals surface area contributed by atoms with Crippen LogP contribution in [0.15, 0.2) is 0 Å². The van der Waals surface area contributed by atoms with Gasteiger partial charge in [-0.3, -0.25) is 0 Å². The van der Waals surface area contributed by atoms with Crippen molar-refractivity contribution in [2.45, 2.75) is 29.6 Å². The Bertz CT molecular complexity index is 262. The summed E-state index contributed by atoms with van der Waals surface area (Å²) in [5, 5.41) is 0. The van der Waals surface area contributed by atoms with Gasteiger partial charge in [0, 0.05) is 0 Å². The van der Waals surface area contributed by atoms with Gasteiger partial charge in [-0.1, -0.05) is 0 Å². The van der Waals surface area contributed by atoms with E-state index in [0.29, 0.717) is 0 Å². The second-order valence-corrected chi connectivity index (χ2v) is 5.00. The van der Waals surface area contributed by atoms with Crippen molar-refractivity contribution in [1.29, 1.82) is 0 Å². The highest BCUT2D eigenvalue weighted by Gasteiger charge is 2.73. The molecule has 0 aliphatic carbocycles. The summed E-state index contributed by atoms with van der Waals surface area (Å²) < 4.78 is 130. The van der Waals surface area contributed by atoms with Gasteiger partial charge in [0.1, 0.15) is 0 Å². The predicted octanol–water partition coefficient (Wildman–Crippen LogP) is 2.80. The normalized spacial score (nSPS) is 17.8. The van der Waals surface area contributed by atoms with Crippen molar-refractivity contribution in [2.75, 3.05) is 0 Å². The summed E-state index contributed by atoms with van der Waals surface area (Å²) in [5.41, 5.74) is -6.06. The van der Waals surface area contributed by atoms with E-state index in [-0.39, 0.29) is 0 Å². The Labute approximate surface area is 88.6 Å². The third-order valence-electron chi connectivity index (χ3n) is 1.61. The zero-order valence-corrected chi connectivity index (χ0v) is 8.86. The molecule has 0 saturated heterocycles. The Morgan fingerprint density at radius 2 is 1.06 bits per heavy atom. The molecule has 0 saturated carbocycles. The van der Waals surface area contributed by atoms with Gasteiger partial charge in [0.2, 0.25) is 0 Å². The first-order valence-electron chi connectivity index (χ1n) is 3.66. The van der Waals surface area contributed by atoms with Gasteiger partial charge in [-0.15, -0.1) is 0 Å². The summed E-state index contributed by atoms with van der Waals surface area (Å²) in [5.74, 6) is -11.0. The fourth-order valence-corrected chi connectivity index (χ4v) is 1.81. The third kappa shape index (κ3) is 3.45. The molecule has 12 heteroatoms. The van der Waals surface area contributed by atoms with Gasteiger partial charge in [0.15, 0.2) is 15.3 Å². The summed E-state index contributed by atoms with van der Waals surface area (Å²) in [4.78, 5) is 0. The molecule has 0 aliphatic heterocycles. The van der Waals surface area contributed by atoms with Gasteiger partial charge in [0.25, 0.3) is 5.55 Å².